The monoisotopic (exact) mass is 334 g/mol. The van der Waals surface area contributed by atoms with Crippen molar-refractivity contribution in [3.05, 3.63) is 29.8 Å². The second kappa shape index (κ2) is 7.13. The molecule has 0 bridgehead atoms. The number of amides is 2. The molecule has 0 aliphatic carbocycles. The predicted octanol–water partition coefficient (Wildman–Crippen LogP) is 3.06. The molecule has 8 heteroatoms. The number of urea groups is 1. The van der Waals surface area contributed by atoms with Crippen molar-refractivity contribution >= 4 is 17.8 Å². The number of hydrogen-bond acceptors (Lipinski definition) is 3. The molecule has 1 N–H and O–H groups in total. The molecule has 0 spiro atoms. The normalized spacial score (nSPS) is 17.0. The van der Waals surface area contributed by atoms with Gasteiger partial charge in [0.15, 0.2) is 6.04 Å². The molecule has 1 aromatic carbocycles. The number of nitrogens with one attached hydrogen (secondary N) is 1. The molecule has 1 aliphatic rings. The number of methoxy groups -OCH3 is 1. The number of nitrogens with zero attached hydrogens (tertiary/aromatic N) is 1. The van der Waals surface area contributed by atoms with Crippen LogP contribution < -0.4 is 10.1 Å². The van der Waals surface area contributed by atoms with Gasteiger partial charge >= 0.3 is 12.2 Å². The number of ether oxygens (including phenoxy) is 1. The Morgan fingerprint density at radius 3 is 2.36 bits per heavy atom. The van der Waals surface area contributed by atoms with Crippen LogP contribution in [0, 0.1) is 0 Å². The number of benzene rings is 1. The molecule has 1 atom stereocenters. The Morgan fingerprint density at radius 1 is 1.27 bits per heavy atom. The van der Waals surface area contributed by atoms with Gasteiger partial charge < -0.3 is 15.0 Å². The zero-order valence-electron chi connectivity index (χ0n) is 12.0. The molecule has 122 valence electrons. The summed E-state index contributed by atoms with van der Waals surface area (Å²) >= 11 is 1.68. The first-order valence-corrected chi connectivity index (χ1v) is 7.91. The number of thioether (sulfide) groups is 1. The zero-order chi connectivity index (χ0) is 16.2. The van der Waals surface area contributed by atoms with Crippen molar-refractivity contribution in [1.82, 2.24) is 10.2 Å². The van der Waals surface area contributed by atoms with E-state index in [1.165, 1.54) is 36.3 Å². The topological polar surface area (TPSA) is 41.6 Å². The fourth-order valence-electron chi connectivity index (χ4n) is 2.13. The van der Waals surface area contributed by atoms with E-state index < -0.39 is 18.2 Å². The standard InChI is InChI=1S/C14H17F3N2O2S/c1-21-11-4-2-10(3-5-11)12(14(15,16)17)18-13(20)19-6-8-22-9-7-19/h2-5,12H,6-9H2,1H3,(H,18,20)/t12-/m0/s1. The SMILES string of the molecule is COc1ccc([C@H](NC(=O)N2CCSCC2)C(F)(F)F)cc1. The van der Waals surface area contributed by atoms with Crippen LogP contribution in [0.25, 0.3) is 0 Å². The number of halogens is 3. The Labute approximate surface area is 131 Å². The van der Waals surface area contributed by atoms with E-state index in [4.69, 9.17) is 4.74 Å². The molecular weight excluding hydrogens is 317 g/mol. The third-order valence-corrected chi connectivity index (χ3v) is 4.29. The molecule has 1 aliphatic heterocycles. The van der Waals surface area contributed by atoms with Gasteiger partial charge in [-0.05, 0) is 17.7 Å². The highest BCUT2D eigenvalue weighted by molar-refractivity contribution is 7.99. The molecule has 2 rings (SSSR count). The summed E-state index contributed by atoms with van der Waals surface area (Å²) in [5.41, 5.74) is -0.0203. The molecule has 0 saturated carbocycles. The lowest BCUT2D eigenvalue weighted by atomic mass is 10.1. The molecule has 0 radical (unpaired) electrons. The Balaban J connectivity index is 2.13. The summed E-state index contributed by atoms with van der Waals surface area (Å²) in [6.07, 6.45) is -4.56. The van der Waals surface area contributed by atoms with Gasteiger partial charge in [0.2, 0.25) is 0 Å². The van der Waals surface area contributed by atoms with Crippen molar-refractivity contribution in [1.29, 1.82) is 0 Å². The Kier molecular flexibility index (Phi) is 5.44. The maximum atomic E-state index is 13.2. The van der Waals surface area contributed by atoms with Crippen LogP contribution in [-0.2, 0) is 0 Å². The maximum Gasteiger partial charge on any atom is 0.412 e. The summed E-state index contributed by atoms with van der Waals surface area (Å²) in [5, 5.41) is 2.09. The minimum absolute atomic E-state index is 0.0203. The first kappa shape index (κ1) is 16.8. The average molecular weight is 334 g/mol. The van der Waals surface area contributed by atoms with E-state index in [1.54, 1.807) is 11.8 Å². The minimum atomic E-state index is -4.56. The third kappa shape index (κ3) is 4.22. The Bertz CT molecular complexity index is 502. The van der Waals surface area contributed by atoms with E-state index in [1.807, 2.05) is 0 Å². The van der Waals surface area contributed by atoms with Gasteiger partial charge in [-0.1, -0.05) is 12.1 Å². The van der Waals surface area contributed by atoms with E-state index >= 15 is 0 Å². The van der Waals surface area contributed by atoms with Crippen LogP contribution in [0.4, 0.5) is 18.0 Å². The molecule has 1 heterocycles. The number of carbonyl (C=O) groups excluding carboxylic acids is 1. The minimum Gasteiger partial charge on any atom is -0.497 e. The summed E-state index contributed by atoms with van der Waals surface area (Å²) < 4.78 is 44.7. The van der Waals surface area contributed by atoms with Gasteiger partial charge in [-0.25, -0.2) is 4.79 Å². The van der Waals surface area contributed by atoms with Gasteiger partial charge in [0, 0.05) is 24.6 Å². The summed E-state index contributed by atoms with van der Waals surface area (Å²) in [6, 6.07) is 2.79. The van der Waals surface area contributed by atoms with E-state index in [9.17, 15) is 18.0 Å². The smallest absolute Gasteiger partial charge is 0.412 e. The van der Waals surface area contributed by atoms with Crippen LogP contribution in [0.5, 0.6) is 5.75 Å². The first-order chi connectivity index (χ1) is 10.4. The molecule has 1 saturated heterocycles. The lowest BCUT2D eigenvalue weighted by molar-refractivity contribution is -0.155. The molecule has 2 amide bonds. The van der Waals surface area contributed by atoms with Crippen molar-refractivity contribution in [2.75, 3.05) is 31.7 Å². The number of hydrogen-bond donors (Lipinski definition) is 1. The van der Waals surface area contributed by atoms with Gasteiger partial charge in [-0.2, -0.15) is 24.9 Å². The first-order valence-electron chi connectivity index (χ1n) is 6.75. The Hall–Kier alpha value is -1.57. The fraction of sp³-hybridized carbons (Fsp3) is 0.500. The average Bonchev–Trinajstić information content (AvgIpc) is 2.52. The van der Waals surface area contributed by atoms with E-state index in [-0.39, 0.29) is 5.56 Å². The van der Waals surface area contributed by atoms with Gasteiger partial charge in [0.25, 0.3) is 0 Å². The molecule has 1 aromatic rings. The second-order valence-electron chi connectivity index (χ2n) is 4.80. The zero-order valence-corrected chi connectivity index (χ0v) is 12.8. The second-order valence-corrected chi connectivity index (χ2v) is 6.02. The van der Waals surface area contributed by atoms with Crippen LogP contribution in [0.1, 0.15) is 11.6 Å². The van der Waals surface area contributed by atoms with Crippen LogP contribution >= 0.6 is 11.8 Å². The lowest BCUT2D eigenvalue weighted by Gasteiger charge is -2.30. The van der Waals surface area contributed by atoms with Crippen molar-refractivity contribution in [3.63, 3.8) is 0 Å². The van der Waals surface area contributed by atoms with E-state index in [0.717, 1.165) is 11.5 Å². The maximum absolute atomic E-state index is 13.2. The van der Waals surface area contributed by atoms with Crippen molar-refractivity contribution in [2.45, 2.75) is 12.2 Å². The Morgan fingerprint density at radius 2 is 1.86 bits per heavy atom. The quantitative estimate of drug-likeness (QED) is 0.924. The molecule has 22 heavy (non-hydrogen) atoms. The van der Waals surface area contributed by atoms with Crippen LogP contribution in [0.2, 0.25) is 0 Å². The van der Waals surface area contributed by atoms with Crippen LogP contribution in [0.3, 0.4) is 0 Å². The molecule has 0 unspecified atom stereocenters. The fourth-order valence-corrected chi connectivity index (χ4v) is 3.03. The summed E-state index contributed by atoms with van der Waals surface area (Å²) in [6.45, 7) is 0.924. The molecule has 1 fully saturated rings. The van der Waals surface area contributed by atoms with Crippen LogP contribution in [-0.4, -0.2) is 48.8 Å². The number of alkyl halides is 3. The summed E-state index contributed by atoms with van der Waals surface area (Å²) in [5.74, 6) is 1.95. The van der Waals surface area contributed by atoms with Gasteiger partial charge in [0.05, 0.1) is 7.11 Å². The molecule has 0 aromatic heterocycles. The van der Waals surface area contributed by atoms with E-state index in [0.29, 0.717) is 18.8 Å². The van der Waals surface area contributed by atoms with Crippen molar-refractivity contribution < 1.29 is 22.7 Å². The number of rotatable bonds is 3. The van der Waals surface area contributed by atoms with Crippen molar-refractivity contribution in [2.24, 2.45) is 0 Å². The summed E-state index contributed by atoms with van der Waals surface area (Å²) in [4.78, 5) is 13.4. The highest BCUT2D eigenvalue weighted by Crippen LogP contribution is 2.33. The lowest BCUT2D eigenvalue weighted by Crippen LogP contribution is -2.48. The van der Waals surface area contributed by atoms with Gasteiger partial charge in [-0.3, -0.25) is 0 Å². The third-order valence-electron chi connectivity index (χ3n) is 3.34. The molecule has 4 nitrogen and oxygen atoms in total. The predicted molar refractivity (Wildman–Crippen MR) is 79.2 cm³/mol. The van der Waals surface area contributed by atoms with Crippen molar-refractivity contribution in [3.8, 4) is 5.75 Å². The van der Waals surface area contributed by atoms with Gasteiger partial charge in [-0.15, -0.1) is 0 Å². The highest BCUT2D eigenvalue weighted by Gasteiger charge is 2.42. The highest BCUT2D eigenvalue weighted by atomic mass is 32.2. The van der Waals surface area contributed by atoms with Gasteiger partial charge in [0.1, 0.15) is 5.75 Å². The van der Waals surface area contributed by atoms with Crippen LogP contribution in [0.15, 0.2) is 24.3 Å². The number of carbonyl (C=O) groups is 1. The molecular formula is C14H17F3N2O2S. The summed E-state index contributed by atoms with van der Waals surface area (Å²) in [7, 11) is 1.44. The largest absolute Gasteiger partial charge is 0.497 e. The van der Waals surface area contributed by atoms with E-state index in [2.05, 4.69) is 5.32 Å².